The molecule has 0 saturated heterocycles. The molecule has 1 aliphatic rings. The first-order chi connectivity index (χ1) is 12.5. The Bertz CT molecular complexity index is 895. The van der Waals surface area contributed by atoms with Crippen LogP contribution in [-0.2, 0) is 9.53 Å². The van der Waals surface area contributed by atoms with Gasteiger partial charge in [0.1, 0.15) is 5.76 Å². The fourth-order valence-electron chi connectivity index (χ4n) is 2.64. The number of rotatable bonds is 5. The van der Waals surface area contributed by atoms with E-state index in [2.05, 4.69) is 22.6 Å². The van der Waals surface area contributed by atoms with Crippen LogP contribution in [0.25, 0.3) is 11.8 Å². The van der Waals surface area contributed by atoms with E-state index in [1.807, 2.05) is 50.2 Å². The van der Waals surface area contributed by atoms with Gasteiger partial charge in [-0.15, -0.1) is 0 Å². The SMILES string of the molecule is CCOc1c(I)cc(/C=C2\C=C(c3ccc(C)cc3)OC2=O)cc1OC. The monoisotopic (exact) mass is 462 g/mol. The minimum Gasteiger partial charge on any atom is -0.493 e. The predicted molar refractivity (Wildman–Crippen MR) is 110 cm³/mol. The largest absolute Gasteiger partial charge is 0.493 e. The first-order valence-corrected chi connectivity index (χ1v) is 9.32. The second-order valence-electron chi connectivity index (χ2n) is 5.83. The number of benzene rings is 2. The van der Waals surface area contributed by atoms with Crippen LogP contribution in [-0.4, -0.2) is 19.7 Å². The van der Waals surface area contributed by atoms with Crippen LogP contribution < -0.4 is 9.47 Å². The molecule has 0 saturated carbocycles. The molecule has 5 heteroatoms. The number of esters is 1. The highest BCUT2D eigenvalue weighted by atomic mass is 127. The van der Waals surface area contributed by atoms with Crippen LogP contribution in [0.1, 0.15) is 23.6 Å². The summed E-state index contributed by atoms with van der Waals surface area (Å²) in [6.07, 6.45) is 3.56. The Hall–Kier alpha value is -2.28. The van der Waals surface area contributed by atoms with Gasteiger partial charge in [-0.25, -0.2) is 4.79 Å². The smallest absolute Gasteiger partial charge is 0.343 e. The normalized spacial score (nSPS) is 15.0. The fourth-order valence-corrected chi connectivity index (χ4v) is 3.42. The maximum absolute atomic E-state index is 12.2. The third-order valence-electron chi connectivity index (χ3n) is 3.92. The zero-order valence-electron chi connectivity index (χ0n) is 14.8. The summed E-state index contributed by atoms with van der Waals surface area (Å²) < 4.78 is 17.4. The number of carbonyl (C=O) groups is 1. The molecule has 0 N–H and O–H groups in total. The van der Waals surface area contributed by atoms with Crippen molar-refractivity contribution in [2.75, 3.05) is 13.7 Å². The molecule has 0 amide bonds. The summed E-state index contributed by atoms with van der Waals surface area (Å²) in [5.41, 5.74) is 3.39. The van der Waals surface area contributed by atoms with Crippen molar-refractivity contribution in [3.8, 4) is 11.5 Å². The molecule has 3 rings (SSSR count). The summed E-state index contributed by atoms with van der Waals surface area (Å²) in [6.45, 7) is 4.50. The summed E-state index contributed by atoms with van der Waals surface area (Å²) >= 11 is 2.20. The number of hydrogen-bond donors (Lipinski definition) is 0. The third-order valence-corrected chi connectivity index (χ3v) is 4.72. The van der Waals surface area contributed by atoms with Crippen LogP contribution >= 0.6 is 22.6 Å². The lowest BCUT2D eigenvalue weighted by atomic mass is 10.1. The topological polar surface area (TPSA) is 44.8 Å². The van der Waals surface area contributed by atoms with Gasteiger partial charge in [-0.05, 0) is 66.3 Å². The maximum Gasteiger partial charge on any atom is 0.343 e. The Morgan fingerprint density at radius 2 is 1.92 bits per heavy atom. The molecule has 134 valence electrons. The number of hydrogen-bond acceptors (Lipinski definition) is 4. The van der Waals surface area contributed by atoms with Crippen LogP contribution in [0.3, 0.4) is 0 Å². The zero-order chi connectivity index (χ0) is 18.7. The van der Waals surface area contributed by atoms with Crippen molar-refractivity contribution in [1.82, 2.24) is 0 Å². The van der Waals surface area contributed by atoms with E-state index in [1.165, 1.54) is 0 Å². The average Bonchev–Trinajstić information content (AvgIpc) is 2.98. The molecule has 0 spiro atoms. The average molecular weight is 462 g/mol. The quantitative estimate of drug-likeness (QED) is 0.357. The molecule has 26 heavy (non-hydrogen) atoms. The van der Waals surface area contributed by atoms with Crippen molar-refractivity contribution in [2.45, 2.75) is 13.8 Å². The van der Waals surface area contributed by atoms with Crippen molar-refractivity contribution >= 4 is 40.4 Å². The molecular formula is C21H19IO4. The van der Waals surface area contributed by atoms with Gasteiger partial charge in [0.05, 0.1) is 22.9 Å². The second kappa shape index (κ2) is 7.95. The molecule has 0 aliphatic carbocycles. The van der Waals surface area contributed by atoms with E-state index in [9.17, 15) is 4.79 Å². The highest BCUT2D eigenvalue weighted by molar-refractivity contribution is 14.1. The first kappa shape index (κ1) is 18.5. The summed E-state index contributed by atoms with van der Waals surface area (Å²) in [5, 5.41) is 0. The minimum absolute atomic E-state index is 0.358. The first-order valence-electron chi connectivity index (χ1n) is 8.24. The zero-order valence-corrected chi connectivity index (χ0v) is 17.0. The standard InChI is InChI=1S/C21H19IO4/c1-4-25-20-17(22)10-14(11-19(20)24-3)9-16-12-18(26-21(16)23)15-7-5-13(2)6-8-15/h5-12H,4H2,1-3H3/b16-9+. The van der Waals surface area contributed by atoms with E-state index >= 15 is 0 Å². The molecule has 0 unspecified atom stereocenters. The van der Waals surface area contributed by atoms with Crippen molar-refractivity contribution in [1.29, 1.82) is 0 Å². The molecular weight excluding hydrogens is 443 g/mol. The predicted octanol–water partition coefficient (Wildman–Crippen LogP) is 4.99. The van der Waals surface area contributed by atoms with Gasteiger partial charge in [0.15, 0.2) is 11.5 Å². The van der Waals surface area contributed by atoms with Gasteiger partial charge in [0, 0.05) is 5.56 Å². The Kier molecular flexibility index (Phi) is 5.66. The van der Waals surface area contributed by atoms with Crippen LogP contribution in [0.4, 0.5) is 0 Å². The van der Waals surface area contributed by atoms with E-state index in [4.69, 9.17) is 14.2 Å². The Balaban J connectivity index is 1.95. The molecule has 2 aromatic carbocycles. The molecule has 0 fully saturated rings. The number of carbonyl (C=O) groups excluding carboxylic acids is 1. The van der Waals surface area contributed by atoms with Gasteiger partial charge >= 0.3 is 5.97 Å². The number of ether oxygens (including phenoxy) is 3. The number of halogens is 1. The van der Waals surface area contributed by atoms with Gasteiger partial charge in [0.25, 0.3) is 0 Å². The Morgan fingerprint density at radius 3 is 2.58 bits per heavy atom. The van der Waals surface area contributed by atoms with Gasteiger partial charge in [-0.2, -0.15) is 0 Å². The molecule has 1 aliphatic heterocycles. The van der Waals surface area contributed by atoms with Crippen molar-refractivity contribution in [2.24, 2.45) is 0 Å². The van der Waals surface area contributed by atoms with E-state index in [0.29, 0.717) is 29.4 Å². The van der Waals surface area contributed by atoms with E-state index < -0.39 is 0 Å². The molecule has 0 aromatic heterocycles. The lowest BCUT2D eigenvalue weighted by molar-refractivity contribution is -0.130. The molecule has 0 radical (unpaired) electrons. The summed E-state index contributed by atoms with van der Waals surface area (Å²) in [5.74, 6) is 1.56. The second-order valence-corrected chi connectivity index (χ2v) is 6.99. The maximum atomic E-state index is 12.2. The third kappa shape index (κ3) is 3.93. The highest BCUT2D eigenvalue weighted by Crippen LogP contribution is 2.35. The van der Waals surface area contributed by atoms with Crippen LogP contribution in [0.5, 0.6) is 11.5 Å². The van der Waals surface area contributed by atoms with E-state index in [1.54, 1.807) is 19.3 Å². The van der Waals surface area contributed by atoms with E-state index in [0.717, 1.165) is 20.3 Å². The fraction of sp³-hybridized carbons (Fsp3) is 0.190. The number of cyclic esters (lactones) is 1. The Morgan fingerprint density at radius 1 is 1.19 bits per heavy atom. The lowest BCUT2D eigenvalue weighted by Gasteiger charge is -2.12. The highest BCUT2D eigenvalue weighted by Gasteiger charge is 2.22. The van der Waals surface area contributed by atoms with Gasteiger partial charge in [-0.3, -0.25) is 0 Å². The minimum atomic E-state index is -0.358. The summed E-state index contributed by atoms with van der Waals surface area (Å²) in [4.78, 5) is 12.2. The number of aryl methyl sites for hydroxylation is 1. The molecule has 2 aromatic rings. The molecule has 0 bridgehead atoms. The van der Waals surface area contributed by atoms with Crippen LogP contribution in [0, 0.1) is 10.5 Å². The van der Waals surface area contributed by atoms with Gasteiger partial charge in [0.2, 0.25) is 0 Å². The van der Waals surface area contributed by atoms with E-state index in [-0.39, 0.29) is 5.97 Å². The van der Waals surface area contributed by atoms with Gasteiger partial charge in [-0.1, -0.05) is 29.8 Å². The van der Waals surface area contributed by atoms with Crippen molar-refractivity contribution in [3.05, 3.63) is 68.3 Å². The lowest BCUT2D eigenvalue weighted by Crippen LogP contribution is -1.99. The van der Waals surface area contributed by atoms with Crippen LogP contribution in [0.15, 0.2) is 48.0 Å². The molecule has 1 heterocycles. The molecule has 4 nitrogen and oxygen atoms in total. The summed E-state index contributed by atoms with van der Waals surface area (Å²) in [6, 6.07) is 11.7. The van der Waals surface area contributed by atoms with Gasteiger partial charge < -0.3 is 14.2 Å². The van der Waals surface area contributed by atoms with Crippen molar-refractivity contribution < 1.29 is 19.0 Å². The van der Waals surface area contributed by atoms with Crippen LogP contribution in [0.2, 0.25) is 0 Å². The van der Waals surface area contributed by atoms with Crippen molar-refractivity contribution in [3.63, 3.8) is 0 Å². The molecule has 0 atom stereocenters. The summed E-state index contributed by atoms with van der Waals surface area (Å²) in [7, 11) is 1.60. The number of methoxy groups -OCH3 is 1. The Labute approximate surface area is 166 Å².